The summed E-state index contributed by atoms with van der Waals surface area (Å²) in [6.45, 7) is 4.45. The lowest BCUT2D eigenvalue weighted by atomic mass is 10.1. The molecule has 2 rings (SSSR count). The van der Waals surface area contributed by atoms with Gasteiger partial charge < -0.3 is 11.1 Å². The van der Waals surface area contributed by atoms with Crippen LogP contribution in [0, 0.1) is 6.92 Å². The standard InChI is InChI=1S/C14H19N5O/c1-10-3-5-12(6-4-10)11(2)16-14(20)9-19-8-13(7-15)17-18-19/h3-6,8,11H,7,9,15H2,1-2H3,(H,16,20). The topological polar surface area (TPSA) is 85.8 Å². The van der Waals surface area contributed by atoms with Gasteiger partial charge in [0.1, 0.15) is 6.54 Å². The van der Waals surface area contributed by atoms with Crippen LogP contribution in [0.4, 0.5) is 0 Å². The van der Waals surface area contributed by atoms with Crippen LogP contribution in [-0.2, 0) is 17.9 Å². The molecule has 0 saturated carbocycles. The Morgan fingerprint density at radius 3 is 2.70 bits per heavy atom. The van der Waals surface area contributed by atoms with Crippen LogP contribution in [0.2, 0.25) is 0 Å². The first kappa shape index (κ1) is 14.2. The summed E-state index contributed by atoms with van der Waals surface area (Å²) in [4.78, 5) is 11.9. The fourth-order valence-electron chi connectivity index (χ4n) is 1.88. The Hall–Kier alpha value is -2.21. The van der Waals surface area contributed by atoms with E-state index in [0.29, 0.717) is 12.2 Å². The maximum Gasteiger partial charge on any atom is 0.242 e. The monoisotopic (exact) mass is 273 g/mol. The van der Waals surface area contributed by atoms with Gasteiger partial charge in [-0.2, -0.15) is 0 Å². The van der Waals surface area contributed by atoms with Crippen LogP contribution in [0.1, 0.15) is 29.8 Å². The SMILES string of the molecule is Cc1ccc(C(C)NC(=O)Cn2cc(CN)nn2)cc1. The van der Waals surface area contributed by atoms with Gasteiger partial charge in [-0.15, -0.1) is 5.10 Å². The number of carbonyl (C=O) groups is 1. The number of amides is 1. The van der Waals surface area contributed by atoms with Crippen LogP contribution >= 0.6 is 0 Å². The number of benzene rings is 1. The maximum atomic E-state index is 11.9. The molecule has 1 amide bonds. The fourth-order valence-corrected chi connectivity index (χ4v) is 1.88. The van der Waals surface area contributed by atoms with E-state index in [0.717, 1.165) is 5.56 Å². The van der Waals surface area contributed by atoms with Crippen molar-refractivity contribution in [2.75, 3.05) is 0 Å². The van der Waals surface area contributed by atoms with E-state index in [2.05, 4.69) is 15.6 Å². The predicted octanol–water partition coefficient (Wildman–Crippen LogP) is 0.923. The smallest absolute Gasteiger partial charge is 0.242 e. The number of nitrogens with zero attached hydrogens (tertiary/aromatic N) is 3. The van der Waals surface area contributed by atoms with Crippen LogP contribution in [0.3, 0.4) is 0 Å². The first-order valence-corrected chi connectivity index (χ1v) is 6.53. The molecule has 3 N–H and O–H groups in total. The summed E-state index contributed by atoms with van der Waals surface area (Å²) in [6, 6.07) is 8.05. The third-order valence-corrected chi connectivity index (χ3v) is 3.06. The van der Waals surface area contributed by atoms with E-state index < -0.39 is 0 Å². The first-order chi connectivity index (χ1) is 9.58. The molecule has 0 radical (unpaired) electrons. The van der Waals surface area contributed by atoms with Crippen LogP contribution in [0.5, 0.6) is 0 Å². The summed E-state index contributed by atoms with van der Waals surface area (Å²) in [7, 11) is 0. The largest absolute Gasteiger partial charge is 0.348 e. The van der Waals surface area contributed by atoms with Crippen molar-refractivity contribution >= 4 is 5.91 Å². The predicted molar refractivity (Wildman–Crippen MR) is 75.7 cm³/mol. The number of nitrogens with one attached hydrogen (secondary N) is 1. The zero-order valence-corrected chi connectivity index (χ0v) is 11.7. The van der Waals surface area contributed by atoms with E-state index in [9.17, 15) is 4.79 Å². The molecule has 0 saturated heterocycles. The lowest BCUT2D eigenvalue weighted by Gasteiger charge is -2.14. The summed E-state index contributed by atoms with van der Waals surface area (Å²) in [5.74, 6) is -0.105. The lowest BCUT2D eigenvalue weighted by Crippen LogP contribution is -2.30. The number of aryl methyl sites for hydroxylation is 1. The summed E-state index contributed by atoms with van der Waals surface area (Å²) in [5, 5.41) is 10.6. The maximum absolute atomic E-state index is 11.9. The Labute approximate surface area is 118 Å². The molecule has 1 heterocycles. The molecule has 1 atom stereocenters. The normalized spacial score (nSPS) is 12.2. The molecule has 1 unspecified atom stereocenters. The Bertz CT molecular complexity index is 576. The summed E-state index contributed by atoms with van der Waals surface area (Å²) in [6.07, 6.45) is 1.68. The minimum Gasteiger partial charge on any atom is -0.348 e. The van der Waals surface area contributed by atoms with Crippen molar-refractivity contribution in [2.24, 2.45) is 5.73 Å². The fraction of sp³-hybridized carbons (Fsp3) is 0.357. The average Bonchev–Trinajstić information content (AvgIpc) is 2.86. The van der Waals surface area contributed by atoms with E-state index in [1.165, 1.54) is 10.2 Å². The Morgan fingerprint density at radius 1 is 1.40 bits per heavy atom. The van der Waals surface area contributed by atoms with Crippen molar-refractivity contribution in [3.05, 3.63) is 47.3 Å². The number of rotatable bonds is 5. The number of aromatic nitrogens is 3. The van der Waals surface area contributed by atoms with E-state index in [1.54, 1.807) is 6.20 Å². The Kier molecular flexibility index (Phi) is 4.47. The lowest BCUT2D eigenvalue weighted by molar-refractivity contribution is -0.122. The van der Waals surface area contributed by atoms with Gasteiger partial charge in [-0.3, -0.25) is 4.79 Å². The molecule has 0 aliphatic heterocycles. The van der Waals surface area contributed by atoms with Crippen LogP contribution in [0.15, 0.2) is 30.5 Å². The van der Waals surface area contributed by atoms with Crippen molar-refractivity contribution < 1.29 is 4.79 Å². The highest BCUT2D eigenvalue weighted by molar-refractivity contribution is 5.76. The third-order valence-electron chi connectivity index (χ3n) is 3.06. The minimum absolute atomic E-state index is 0.0411. The highest BCUT2D eigenvalue weighted by Gasteiger charge is 2.10. The van der Waals surface area contributed by atoms with Gasteiger partial charge in [0.25, 0.3) is 0 Å². The number of hydrogen-bond donors (Lipinski definition) is 2. The molecule has 0 aliphatic rings. The molecule has 6 heteroatoms. The second kappa shape index (κ2) is 6.29. The minimum atomic E-state index is -0.105. The van der Waals surface area contributed by atoms with Crippen molar-refractivity contribution in [3.8, 4) is 0 Å². The molecule has 0 fully saturated rings. The molecule has 2 aromatic rings. The zero-order chi connectivity index (χ0) is 14.5. The van der Waals surface area contributed by atoms with Crippen LogP contribution in [-0.4, -0.2) is 20.9 Å². The zero-order valence-electron chi connectivity index (χ0n) is 11.7. The molecule has 20 heavy (non-hydrogen) atoms. The number of hydrogen-bond acceptors (Lipinski definition) is 4. The summed E-state index contributed by atoms with van der Waals surface area (Å²) in [5.41, 5.74) is 8.39. The van der Waals surface area contributed by atoms with Gasteiger partial charge in [0.2, 0.25) is 5.91 Å². The van der Waals surface area contributed by atoms with Gasteiger partial charge in [0.05, 0.1) is 17.9 Å². The van der Waals surface area contributed by atoms with Crippen molar-refractivity contribution in [2.45, 2.75) is 33.0 Å². The molecular formula is C14H19N5O. The molecule has 6 nitrogen and oxygen atoms in total. The Balaban J connectivity index is 1.92. The van der Waals surface area contributed by atoms with E-state index in [4.69, 9.17) is 5.73 Å². The van der Waals surface area contributed by atoms with E-state index >= 15 is 0 Å². The molecule has 1 aromatic heterocycles. The Morgan fingerprint density at radius 2 is 2.10 bits per heavy atom. The molecule has 106 valence electrons. The van der Waals surface area contributed by atoms with Crippen molar-refractivity contribution in [1.82, 2.24) is 20.3 Å². The first-order valence-electron chi connectivity index (χ1n) is 6.53. The van der Waals surface area contributed by atoms with E-state index in [-0.39, 0.29) is 18.5 Å². The van der Waals surface area contributed by atoms with Crippen LogP contribution in [0.25, 0.3) is 0 Å². The van der Waals surface area contributed by atoms with Crippen molar-refractivity contribution in [1.29, 1.82) is 0 Å². The number of carbonyl (C=O) groups excluding carboxylic acids is 1. The quantitative estimate of drug-likeness (QED) is 0.848. The van der Waals surface area contributed by atoms with Gasteiger partial charge in [-0.1, -0.05) is 35.0 Å². The van der Waals surface area contributed by atoms with Gasteiger partial charge in [0, 0.05) is 6.54 Å². The molecule has 0 aliphatic carbocycles. The second-order valence-electron chi connectivity index (χ2n) is 4.81. The van der Waals surface area contributed by atoms with E-state index in [1.807, 2.05) is 38.1 Å². The van der Waals surface area contributed by atoms with Crippen LogP contribution < -0.4 is 11.1 Å². The average molecular weight is 273 g/mol. The summed E-state index contributed by atoms with van der Waals surface area (Å²) >= 11 is 0. The molecule has 1 aromatic carbocycles. The highest BCUT2D eigenvalue weighted by Crippen LogP contribution is 2.12. The highest BCUT2D eigenvalue weighted by atomic mass is 16.2. The number of nitrogens with two attached hydrogens (primary N) is 1. The molecular weight excluding hydrogens is 254 g/mol. The summed E-state index contributed by atoms with van der Waals surface area (Å²) < 4.78 is 1.49. The van der Waals surface area contributed by atoms with Gasteiger partial charge in [0.15, 0.2) is 0 Å². The van der Waals surface area contributed by atoms with Gasteiger partial charge in [-0.25, -0.2) is 4.68 Å². The second-order valence-corrected chi connectivity index (χ2v) is 4.81. The molecule has 0 bridgehead atoms. The van der Waals surface area contributed by atoms with Gasteiger partial charge in [-0.05, 0) is 19.4 Å². The third kappa shape index (κ3) is 3.64. The van der Waals surface area contributed by atoms with Crippen molar-refractivity contribution in [3.63, 3.8) is 0 Å². The van der Waals surface area contributed by atoms with Gasteiger partial charge >= 0.3 is 0 Å². The molecule has 0 spiro atoms.